The van der Waals surface area contributed by atoms with Gasteiger partial charge in [-0.3, -0.25) is 10.1 Å². The van der Waals surface area contributed by atoms with Crippen molar-refractivity contribution in [3.63, 3.8) is 0 Å². The monoisotopic (exact) mass is 319 g/mol. The fraction of sp³-hybridized carbons (Fsp3) is 0.462. The molecule has 22 heavy (non-hydrogen) atoms. The van der Waals surface area contributed by atoms with Crippen LogP contribution in [0.5, 0.6) is 5.75 Å². The molecule has 1 saturated carbocycles. The van der Waals surface area contributed by atoms with Gasteiger partial charge in [-0.25, -0.2) is 4.79 Å². The standard InChI is InChI=1S/C13H12F3NO5/c1-12(3-4-12)22-10-6-8(13(14,15)16)7(11(18)21-2)5-9(10)17(19)20/h5-6H,3-4H2,1-2H3. The van der Waals surface area contributed by atoms with Crippen molar-refractivity contribution in [2.75, 3.05) is 7.11 Å². The van der Waals surface area contributed by atoms with Gasteiger partial charge in [0.25, 0.3) is 0 Å². The Balaban J connectivity index is 2.62. The van der Waals surface area contributed by atoms with E-state index in [4.69, 9.17) is 4.74 Å². The molecular formula is C13H12F3NO5. The Morgan fingerprint density at radius 1 is 1.36 bits per heavy atom. The van der Waals surface area contributed by atoms with Crippen molar-refractivity contribution in [3.05, 3.63) is 33.4 Å². The highest BCUT2D eigenvalue weighted by molar-refractivity contribution is 5.92. The molecular weight excluding hydrogens is 307 g/mol. The van der Waals surface area contributed by atoms with Crippen molar-refractivity contribution in [3.8, 4) is 5.75 Å². The minimum Gasteiger partial charge on any atom is -0.481 e. The molecule has 120 valence electrons. The number of halogens is 3. The Bertz CT molecular complexity index is 637. The van der Waals surface area contributed by atoms with E-state index < -0.39 is 45.2 Å². The molecule has 2 rings (SSSR count). The van der Waals surface area contributed by atoms with Crippen LogP contribution in [0.3, 0.4) is 0 Å². The molecule has 9 heteroatoms. The smallest absolute Gasteiger partial charge is 0.417 e. The van der Waals surface area contributed by atoms with E-state index in [2.05, 4.69) is 4.74 Å². The summed E-state index contributed by atoms with van der Waals surface area (Å²) in [5, 5.41) is 11.0. The van der Waals surface area contributed by atoms with Crippen molar-refractivity contribution in [1.82, 2.24) is 0 Å². The van der Waals surface area contributed by atoms with Gasteiger partial charge in [0.1, 0.15) is 5.60 Å². The first-order valence-corrected chi connectivity index (χ1v) is 6.24. The second kappa shape index (κ2) is 5.15. The van der Waals surface area contributed by atoms with E-state index >= 15 is 0 Å². The molecule has 1 aliphatic carbocycles. The number of ether oxygens (including phenoxy) is 2. The molecule has 0 atom stereocenters. The van der Waals surface area contributed by atoms with Crippen molar-refractivity contribution in [1.29, 1.82) is 0 Å². The Kier molecular flexibility index (Phi) is 3.76. The van der Waals surface area contributed by atoms with E-state index in [1.165, 1.54) is 0 Å². The molecule has 0 bridgehead atoms. The van der Waals surface area contributed by atoms with Crippen LogP contribution in [0.25, 0.3) is 0 Å². The maximum atomic E-state index is 13.1. The zero-order valence-electron chi connectivity index (χ0n) is 11.7. The van der Waals surface area contributed by atoms with Crippen LogP contribution in [0.15, 0.2) is 12.1 Å². The number of benzene rings is 1. The van der Waals surface area contributed by atoms with Crippen LogP contribution in [0.2, 0.25) is 0 Å². The second-order valence-electron chi connectivity index (χ2n) is 5.16. The van der Waals surface area contributed by atoms with Crippen molar-refractivity contribution >= 4 is 11.7 Å². The predicted molar refractivity (Wildman–Crippen MR) is 67.7 cm³/mol. The number of nitrogens with zero attached hydrogens (tertiary/aromatic N) is 1. The highest BCUT2D eigenvalue weighted by atomic mass is 19.4. The molecule has 1 aromatic carbocycles. The molecule has 0 amide bonds. The molecule has 0 radical (unpaired) electrons. The van der Waals surface area contributed by atoms with Crippen LogP contribution in [0, 0.1) is 10.1 Å². The summed E-state index contributed by atoms with van der Waals surface area (Å²) >= 11 is 0. The van der Waals surface area contributed by atoms with Gasteiger partial charge in [-0.15, -0.1) is 0 Å². The number of hydrogen-bond donors (Lipinski definition) is 0. The molecule has 0 unspecified atom stereocenters. The summed E-state index contributed by atoms with van der Waals surface area (Å²) in [6.45, 7) is 1.64. The Morgan fingerprint density at radius 2 is 1.95 bits per heavy atom. The van der Waals surface area contributed by atoms with Crippen LogP contribution in [0.4, 0.5) is 18.9 Å². The number of esters is 1. The first-order chi connectivity index (χ1) is 10.1. The summed E-state index contributed by atoms with van der Waals surface area (Å²) < 4.78 is 48.8. The minimum atomic E-state index is -4.87. The molecule has 0 heterocycles. The van der Waals surface area contributed by atoms with E-state index in [-0.39, 0.29) is 0 Å². The van der Waals surface area contributed by atoms with Gasteiger partial charge in [0.15, 0.2) is 5.75 Å². The Morgan fingerprint density at radius 3 is 2.36 bits per heavy atom. The Hall–Kier alpha value is -2.32. The van der Waals surface area contributed by atoms with Gasteiger partial charge >= 0.3 is 17.8 Å². The van der Waals surface area contributed by atoms with E-state index in [9.17, 15) is 28.1 Å². The van der Waals surface area contributed by atoms with Gasteiger partial charge in [-0.1, -0.05) is 0 Å². The summed E-state index contributed by atoms with van der Waals surface area (Å²) in [7, 11) is 0.893. The molecule has 1 aromatic rings. The maximum Gasteiger partial charge on any atom is 0.417 e. The Labute approximate surface area is 123 Å². The summed E-state index contributed by atoms with van der Waals surface area (Å²) in [5.41, 5.74) is -3.67. The van der Waals surface area contributed by atoms with E-state index in [0.717, 1.165) is 7.11 Å². The number of carbonyl (C=O) groups is 1. The zero-order valence-corrected chi connectivity index (χ0v) is 11.7. The quantitative estimate of drug-likeness (QED) is 0.483. The van der Waals surface area contributed by atoms with E-state index in [0.29, 0.717) is 25.0 Å². The predicted octanol–water partition coefficient (Wildman–Crippen LogP) is 3.33. The van der Waals surface area contributed by atoms with Crippen molar-refractivity contribution in [2.45, 2.75) is 31.5 Å². The minimum absolute atomic E-state index is 0.480. The fourth-order valence-electron chi connectivity index (χ4n) is 1.85. The van der Waals surface area contributed by atoms with Crippen LogP contribution in [-0.4, -0.2) is 23.6 Å². The summed E-state index contributed by atoms with van der Waals surface area (Å²) in [6.07, 6.45) is -3.70. The third kappa shape index (κ3) is 3.12. The molecule has 0 N–H and O–H groups in total. The lowest BCUT2D eigenvalue weighted by molar-refractivity contribution is -0.386. The molecule has 0 saturated heterocycles. The van der Waals surface area contributed by atoms with E-state index in [1.807, 2.05) is 0 Å². The summed E-state index contributed by atoms with van der Waals surface area (Å²) in [4.78, 5) is 21.6. The van der Waals surface area contributed by atoms with Gasteiger partial charge in [-0.05, 0) is 19.8 Å². The fourth-order valence-corrected chi connectivity index (χ4v) is 1.85. The van der Waals surface area contributed by atoms with Gasteiger partial charge in [0.05, 0.1) is 23.2 Å². The molecule has 0 spiro atoms. The largest absolute Gasteiger partial charge is 0.481 e. The van der Waals surface area contributed by atoms with Crippen molar-refractivity contribution in [2.24, 2.45) is 0 Å². The summed E-state index contributed by atoms with van der Waals surface area (Å²) in [5.74, 6) is -1.82. The number of nitro benzene ring substituents is 1. The van der Waals surface area contributed by atoms with Crippen LogP contribution >= 0.6 is 0 Å². The number of nitro groups is 1. The number of methoxy groups -OCH3 is 1. The molecule has 0 aliphatic heterocycles. The molecule has 1 fully saturated rings. The number of rotatable bonds is 4. The first-order valence-electron chi connectivity index (χ1n) is 6.24. The number of alkyl halides is 3. The van der Waals surface area contributed by atoms with Crippen molar-refractivity contribution < 1.29 is 32.4 Å². The highest BCUT2D eigenvalue weighted by Gasteiger charge is 2.44. The third-order valence-corrected chi connectivity index (χ3v) is 3.32. The topological polar surface area (TPSA) is 78.7 Å². The normalized spacial score (nSPS) is 16.0. The van der Waals surface area contributed by atoms with E-state index in [1.54, 1.807) is 6.92 Å². The lowest BCUT2D eigenvalue weighted by atomic mass is 10.0. The number of hydrogen-bond acceptors (Lipinski definition) is 5. The first kappa shape index (κ1) is 16.1. The van der Waals surface area contributed by atoms with Gasteiger partial charge in [-0.2, -0.15) is 13.2 Å². The van der Waals surface area contributed by atoms with Crippen LogP contribution in [0.1, 0.15) is 35.7 Å². The number of carbonyl (C=O) groups excluding carboxylic acids is 1. The average Bonchev–Trinajstić information content (AvgIpc) is 3.13. The molecule has 1 aliphatic rings. The average molecular weight is 319 g/mol. The maximum absolute atomic E-state index is 13.1. The third-order valence-electron chi connectivity index (χ3n) is 3.32. The lowest BCUT2D eigenvalue weighted by Crippen LogP contribution is -2.18. The molecule has 0 aromatic heterocycles. The van der Waals surface area contributed by atoms with Gasteiger partial charge < -0.3 is 9.47 Å². The SMILES string of the molecule is COC(=O)c1cc([N+](=O)[O-])c(OC2(C)CC2)cc1C(F)(F)F. The zero-order chi connectivity index (χ0) is 16.7. The summed E-state index contributed by atoms with van der Waals surface area (Å²) in [6, 6.07) is 1.02. The van der Waals surface area contributed by atoms with Crippen LogP contribution < -0.4 is 4.74 Å². The molecule has 6 nitrogen and oxygen atoms in total. The second-order valence-corrected chi connectivity index (χ2v) is 5.16. The lowest BCUT2D eigenvalue weighted by Gasteiger charge is -2.17. The van der Waals surface area contributed by atoms with Gasteiger partial charge in [0, 0.05) is 12.1 Å². The van der Waals surface area contributed by atoms with Crippen LogP contribution in [-0.2, 0) is 10.9 Å². The van der Waals surface area contributed by atoms with Gasteiger partial charge in [0.2, 0.25) is 0 Å². The highest BCUT2D eigenvalue weighted by Crippen LogP contribution is 2.45.